The minimum absolute atomic E-state index is 0.115. The van der Waals surface area contributed by atoms with Crippen LogP contribution in [0.4, 0.5) is 0 Å². The smallest absolute Gasteiger partial charge is 0.228 e. The summed E-state index contributed by atoms with van der Waals surface area (Å²) < 4.78 is 6.17. The van der Waals surface area contributed by atoms with E-state index in [1.165, 1.54) is 0 Å². The maximum Gasteiger partial charge on any atom is 0.228 e. The monoisotopic (exact) mass is 745 g/mol. The van der Waals surface area contributed by atoms with Crippen LogP contribution >= 0.6 is 0 Å². The molecule has 11 heteroatoms. The first-order valence-corrected chi connectivity index (χ1v) is 19.5. The first kappa shape index (κ1) is 42.5. The Labute approximate surface area is 323 Å². The number of nitrogens with one attached hydrogen (secondary N) is 3. The lowest BCUT2D eigenvalue weighted by atomic mass is 9.57. The Bertz CT molecular complexity index is 1740. The molecule has 3 amide bonds. The molecule has 11 nitrogen and oxygen atoms in total. The summed E-state index contributed by atoms with van der Waals surface area (Å²) in [4.78, 5) is 49.6. The molecule has 0 saturated carbocycles. The predicted molar refractivity (Wildman–Crippen MR) is 208 cm³/mol. The molecule has 54 heavy (non-hydrogen) atoms. The summed E-state index contributed by atoms with van der Waals surface area (Å²) >= 11 is 0. The largest absolute Gasteiger partial charge is 0.349 e. The zero-order chi connectivity index (χ0) is 39.6. The van der Waals surface area contributed by atoms with Crippen molar-refractivity contribution < 1.29 is 32.9 Å². The molecular formula is C43H66N7O4+3. The third-order valence-corrected chi connectivity index (χ3v) is 11.1. The number of hydrogen-bond acceptors (Lipinski definition) is 5. The lowest BCUT2D eigenvalue weighted by molar-refractivity contribution is -0.695. The van der Waals surface area contributed by atoms with Gasteiger partial charge in [0, 0.05) is 53.4 Å². The van der Waals surface area contributed by atoms with E-state index >= 15 is 0 Å². The molecule has 1 aliphatic rings. The third-order valence-electron chi connectivity index (χ3n) is 11.1. The van der Waals surface area contributed by atoms with Crippen molar-refractivity contribution in [3.8, 4) is 0 Å². The zero-order valence-corrected chi connectivity index (χ0v) is 34.3. The van der Waals surface area contributed by atoms with Gasteiger partial charge in [-0.25, -0.2) is 13.7 Å². The molecule has 3 aromatic heterocycles. The quantitative estimate of drug-likeness (QED) is 0.162. The average molecular weight is 745 g/mol. The highest BCUT2D eigenvalue weighted by molar-refractivity contribution is 5.88. The van der Waals surface area contributed by atoms with E-state index in [0.717, 1.165) is 36.2 Å². The van der Waals surface area contributed by atoms with Gasteiger partial charge in [-0.15, -0.1) is 0 Å². The van der Waals surface area contributed by atoms with Crippen LogP contribution in [-0.4, -0.2) is 62.1 Å². The lowest BCUT2D eigenvalue weighted by Gasteiger charge is -2.47. The Morgan fingerprint density at radius 2 is 1.04 bits per heavy atom. The van der Waals surface area contributed by atoms with Crippen LogP contribution in [0.2, 0.25) is 0 Å². The van der Waals surface area contributed by atoms with Crippen molar-refractivity contribution in [1.29, 1.82) is 0 Å². The van der Waals surface area contributed by atoms with Gasteiger partial charge in [0.05, 0.1) is 37.1 Å². The molecule has 1 aliphatic heterocycles. The van der Waals surface area contributed by atoms with Crippen LogP contribution in [0.5, 0.6) is 0 Å². The van der Waals surface area contributed by atoms with Crippen molar-refractivity contribution in [1.82, 2.24) is 21.0 Å². The number of aryl methyl sites for hydroxylation is 3. The molecule has 1 fully saturated rings. The molecule has 0 spiro atoms. The molecule has 1 saturated heterocycles. The highest BCUT2D eigenvalue weighted by Gasteiger charge is 2.54. The minimum atomic E-state index is -1.13. The first-order valence-electron chi connectivity index (χ1n) is 19.5. The molecule has 294 valence electrons. The van der Waals surface area contributed by atoms with Gasteiger partial charge in [0.25, 0.3) is 0 Å². The maximum absolute atomic E-state index is 14.7. The summed E-state index contributed by atoms with van der Waals surface area (Å²) in [6.07, 6.45) is 13.6. The van der Waals surface area contributed by atoms with Crippen LogP contribution in [-0.2, 0) is 38.9 Å². The molecule has 0 radical (unpaired) electrons. The van der Waals surface area contributed by atoms with E-state index < -0.39 is 21.7 Å². The molecule has 3 N–H and O–H groups in total. The summed E-state index contributed by atoms with van der Waals surface area (Å²) in [6, 6.07) is 12.1. The van der Waals surface area contributed by atoms with Gasteiger partial charge < -0.3 is 16.0 Å². The van der Waals surface area contributed by atoms with Crippen molar-refractivity contribution >= 4 is 17.7 Å². The van der Waals surface area contributed by atoms with Crippen LogP contribution in [0.25, 0.3) is 0 Å². The van der Waals surface area contributed by atoms with Crippen molar-refractivity contribution in [3.05, 3.63) is 90.3 Å². The highest BCUT2D eigenvalue weighted by Crippen LogP contribution is 2.50. The van der Waals surface area contributed by atoms with Crippen molar-refractivity contribution in [2.75, 3.05) is 39.3 Å². The Morgan fingerprint density at radius 1 is 0.630 bits per heavy atom. The van der Waals surface area contributed by atoms with Crippen LogP contribution < -0.4 is 29.7 Å². The third kappa shape index (κ3) is 11.6. The summed E-state index contributed by atoms with van der Waals surface area (Å²) in [5, 5.41) is 11.5. The SMILES string of the molecule is Cc1ccc[n+](CCNC(=O)C(C)(CON2CCC2)CC(C)(CC(C)(C(=O)NCC[n+]2cccc(C)c2)C(C)(C)C)C(=O)NCC[n+]2cccc(C)c2)c1. The van der Waals surface area contributed by atoms with E-state index in [1.54, 1.807) is 0 Å². The number of hydroxylamine groups is 2. The second-order valence-corrected chi connectivity index (χ2v) is 17.2. The van der Waals surface area contributed by atoms with Crippen LogP contribution in [0.1, 0.15) is 77.5 Å². The molecule has 0 aromatic carbocycles. The van der Waals surface area contributed by atoms with Gasteiger partial charge in [0.1, 0.15) is 0 Å². The number of carbonyl (C=O) groups excluding carboxylic acids is 3. The summed E-state index contributed by atoms with van der Waals surface area (Å²) in [5.74, 6) is -0.480. The molecule has 3 atom stereocenters. The number of pyridine rings is 3. The van der Waals surface area contributed by atoms with E-state index in [-0.39, 0.29) is 37.2 Å². The molecule has 4 heterocycles. The summed E-state index contributed by atoms with van der Waals surface area (Å²) in [5.41, 5.74) is -0.294. The normalized spacial score (nSPS) is 16.6. The fourth-order valence-corrected chi connectivity index (χ4v) is 7.29. The summed E-state index contributed by atoms with van der Waals surface area (Å²) in [6.45, 7) is 22.9. The molecule has 3 unspecified atom stereocenters. The number of nitrogens with zero attached hydrogens (tertiary/aromatic N) is 4. The number of aromatic nitrogens is 3. The van der Waals surface area contributed by atoms with E-state index in [9.17, 15) is 14.4 Å². The van der Waals surface area contributed by atoms with E-state index in [2.05, 4.69) is 56.6 Å². The zero-order valence-electron chi connectivity index (χ0n) is 34.3. The van der Waals surface area contributed by atoms with Gasteiger partial charge in [0.2, 0.25) is 17.7 Å². The fraction of sp³-hybridized carbons (Fsp3) is 0.581. The standard InChI is InChI=1S/C43H63N7O4/c1-34-14-10-20-47(28-34)25-17-44-37(51)41(7,32-43(9,40(4,5)6)39(53)46-19-27-49-22-12-16-36(3)30-49)31-42(8,33-54-50-23-13-24-50)38(52)45-18-26-48-21-11-15-35(2)29-48/h10-12,14-16,20-22,28-30H,13,17-19,23-27,31-33H2,1-9H3/p+3. The second kappa shape index (κ2) is 18.4. The van der Waals surface area contributed by atoms with E-state index in [0.29, 0.717) is 39.3 Å². The van der Waals surface area contributed by atoms with Crippen LogP contribution in [0, 0.1) is 42.4 Å². The second-order valence-electron chi connectivity index (χ2n) is 17.2. The predicted octanol–water partition coefficient (Wildman–Crippen LogP) is 3.71. The summed E-state index contributed by atoms with van der Waals surface area (Å²) in [7, 11) is 0. The van der Waals surface area contributed by atoms with Gasteiger partial charge in [0.15, 0.2) is 56.8 Å². The first-order chi connectivity index (χ1) is 25.4. The maximum atomic E-state index is 14.7. The number of rotatable bonds is 19. The number of carbonyl (C=O) groups is 3. The van der Waals surface area contributed by atoms with Crippen molar-refractivity contribution in [2.45, 2.75) is 101 Å². The average Bonchev–Trinajstić information content (AvgIpc) is 3.07. The van der Waals surface area contributed by atoms with E-state index in [4.69, 9.17) is 4.84 Å². The number of hydrogen-bond donors (Lipinski definition) is 3. The number of amides is 3. The van der Waals surface area contributed by atoms with Crippen LogP contribution in [0.3, 0.4) is 0 Å². The van der Waals surface area contributed by atoms with Gasteiger partial charge in [-0.05, 0) is 70.6 Å². The topological polar surface area (TPSA) is 111 Å². The molecule has 3 aromatic rings. The Hall–Kier alpha value is -4.22. The Kier molecular flexibility index (Phi) is 14.5. The van der Waals surface area contributed by atoms with Gasteiger partial charge in [-0.1, -0.05) is 34.6 Å². The molecule has 4 rings (SSSR count). The Morgan fingerprint density at radius 3 is 1.41 bits per heavy atom. The Balaban J connectivity index is 1.61. The minimum Gasteiger partial charge on any atom is -0.349 e. The van der Waals surface area contributed by atoms with E-state index in [1.807, 2.05) is 114 Å². The van der Waals surface area contributed by atoms with Crippen LogP contribution in [0.15, 0.2) is 73.6 Å². The fourth-order valence-electron chi connectivity index (χ4n) is 7.29. The lowest BCUT2D eigenvalue weighted by Crippen LogP contribution is -2.56. The van der Waals surface area contributed by atoms with Gasteiger partial charge in [-0.3, -0.25) is 19.2 Å². The van der Waals surface area contributed by atoms with Gasteiger partial charge in [-0.2, -0.15) is 5.06 Å². The molecule has 0 bridgehead atoms. The molecule has 0 aliphatic carbocycles. The highest BCUT2D eigenvalue weighted by atomic mass is 16.7. The van der Waals surface area contributed by atoms with Crippen molar-refractivity contribution in [3.63, 3.8) is 0 Å². The molecular weight excluding hydrogens is 679 g/mol. The van der Waals surface area contributed by atoms with Crippen molar-refractivity contribution in [2.24, 2.45) is 21.7 Å². The van der Waals surface area contributed by atoms with Gasteiger partial charge >= 0.3 is 0 Å².